The molecule has 3 nitrogen and oxygen atoms in total. The van der Waals surface area contributed by atoms with Gasteiger partial charge in [-0.05, 0) is 23.8 Å². The predicted octanol–water partition coefficient (Wildman–Crippen LogP) is 5.64. The molecule has 3 aromatic rings. The molecule has 0 aliphatic carbocycles. The van der Waals surface area contributed by atoms with Crippen LogP contribution in [0.4, 0.5) is 17.6 Å². The number of hydrogen-bond acceptors (Lipinski definition) is 4. The van der Waals surface area contributed by atoms with Crippen molar-refractivity contribution in [3.05, 3.63) is 88.1 Å². The van der Waals surface area contributed by atoms with Crippen molar-refractivity contribution in [2.24, 2.45) is 0 Å². The number of aromatic nitrogens is 1. The van der Waals surface area contributed by atoms with Crippen LogP contribution in [0, 0.1) is 5.82 Å². The van der Waals surface area contributed by atoms with Crippen molar-refractivity contribution in [3.63, 3.8) is 0 Å². The molecule has 2 aromatic carbocycles. The van der Waals surface area contributed by atoms with Crippen molar-refractivity contribution in [1.82, 2.24) is 10.3 Å². The van der Waals surface area contributed by atoms with E-state index in [1.54, 1.807) is 42.5 Å². The first-order valence-electron chi connectivity index (χ1n) is 8.24. The fourth-order valence-electron chi connectivity index (χ4n) is 2.32. The zero-order chi connectivity index (χ0) is 20.1. The Morgan fingerprint density at radius 2 is 1.82 bits per heavy atom. The Kier molecular flexibility index (Phi) is 5.99. The van der Waals surface area contributed by atoms with Crippen LogP contribution in [0.3, 0.4) is 0 Å². The second-order valence-corrected chi connectivity index (χ2v) is 6.75. The Morgan fingerprint density at radius 3 is 2.46 bits per heavy atom. The van der Waals surface area contributed by atoms with Crippen molar-refractivity contribution in [2.75, 3.05) is 0 Å². The van der Waals surface area contributed by atoms with Crippen molar-refractivity contribution in [3.8, 4) is 5.75 Å². The molecular formula is C20H16F4N2OS. The van der Waals surface area contributed by atoms with Gasteiger partial charge >= 0.3 is 6.18 Å². The molecule has 146 valence electrons. The summed E-state index contributed by atoms with van der Waals surface area (Å²) >= 11 is 0.533. The van der Waals surface area contributed by atoms with Crippen molar-refractivity contribution >= 4 is 17.0 Å². The largest absolute Gasteiger partial charge is 0.489 e. The number of thiazole rings is 1. The molecule has 1 heterocycles. The highest BCUT2D eigenvalue weighted by molar-refractivity contribution is 7.09. The Morgan fingerprint density at radius 1 is 1.11 bits per heavy atom. The van der Waals surface area contributed by atoms with Gasteiger partial charge in [0.05, 0.1) is 11.4 Å². The lowest BCUT2D eigenvalue weighted by molar-refractivity contribution is -0.137. The van der Waals surface area contributed by atoms with Gasteiger partial charge in [-0.2, -0.15) is 13.2 Å². The fourth-order valence-corrected chi connectivity index (χ4v) is 3.02. The molecule has 3 rings (SSSR count). The molecule has 0 aliphatic heterocycles. The number of hydrogen-bond donors (Lipinski definition) is 1. The Bertz CT molecular complexity index is 951. The zero-order valence-corrected chi connectivity index (χ0v) is 15.4. The minimum Gasteiger partial charge on any atom is -0.489 e. The summed E-state index contributed by atoms with van der Waals surface area (Å²) in [6.07, 6.45) is -4.46. The van der Waals surface area contributed by atoms with Gasteiger partial charge in [-0.1, -0.05) is 36.9 Å². The summed E-state index contributed by atoms with van der Waals surface area (Å²) in [6, 6.07) is 13.5. The zero-order valence-electron chi connectivity index (χ0n) is 14.6. The first-order valence-corrected chi connectivity index (χ1v) is 9.12. The van der Waals surface area contributed by atoms with Gasteiger partial charge in [0.2, 0.25) is 0 Å². The van der Waals surface area contributed by atoms with E-state index in [-0.39, 0.29) is 18.1 Å². The molecule has 1 N–H and O–H groups in total. The molecule has 0 atom stereocenters. The SMILES string of the molecule is C=C(NCc1ccc(OCc2ccccc2F)cc1)c1csc(C(F)(F)F)n1. The fraction of sp³-hybridized carbons (Fsp3) is 0.150. The monoisotopic (exact) mass is 408 g/mol. The smallest absolute Gasteiger partial charge is 0.443 e. The number of halogens is 4. The second-order valence-electron chi connectivity index (χ2n) is 5.89. The number of nitrogens with one attached hydrogen (secondary N) is 1. The van der Waals surface area contributed by atoms with E-state index in [9.17, 15) is 17.6 Å². The van der Waals surface area contributed by atoms with Crippen LogP contribution < -0.4 is 10.1 Å². The van der Waals surface area contributed by atoms with Crippen LogP contribution in [0.25, 0.3) is 5.70 Å². The highest BCUT2D eigenvalue weighted by atomic mass is 32.1. The molecule has 8 heteroatoms. The summed E-state index contributed by atoms with van der Waals surface area (Å²) < 4.78 is 57.0. The maximum Gasteiger partial charge on any atom is 0.443 e. The Hall–Kier alpha value is -2.87. The van der Waals surface area contributed by atoms with Crippen LogP contribution >= 0.6 is 11.3 Å². The van der Waals surface area contributed by atoms with Crippen LogP contribution in [0.5, 0.6) is 5.75 Å². The second kappa shape index (κ2) is 8.43. The molecule has 0 radical (unpaired) electrons. The van der Waals surface area contributed by atoms with Gasteiger partial charge in [0.15, 0.2) is 5.01 Å². The Balaban J connectivity index is 1.52. The number of alkyl halides is 3. The van der Waals surface area contributed by atoms with Crippen LogP contribution in [0.1, 0.15) is 21.8 Å². The van der Waals surface area contributed by atoms with Crippen molar-refractivity contribution in [1.29, 1.82) is 0 Å². The average Bonchev–Trinajstić information content (AvgIpc) is 3.17. The molecule has 0 fully saturated rings. The van der Waals surface area contributed by atoms with E-state index in [0.717, 1.165) is 5.56 Å². The number of rotatable bonds is 7. The molecule has 0 saturated carbocycles. The minimum atomic E-state index is -4.46. The van der Waals surface area contributed by atoms with E-state index in [1.165, 1.54) is 11.4 Å². The molecule has 0 bridgehead atoms. The molecular weight excluding hydrogens is 392 g/mol. The molecule has 1 aromatic heterocycles. The number of benzene rings is 2. The Labute approximate surface area is 163 Å². The topological polar surface area (TPSA) is 34.1 Å². The number of ether oxygens (including phenoxy) is 1. The van der Waals surface area contributed by atoms with Gasteiger partial charge in [-0.15, -0.1) is 11.3 Å². The maximum atomic E-state index is 13.6. The first-order chi connectivity index (χ1) is 13.3. The summed E-state index contributed by atoms with van der Waals surface area (Å²) in [5.41, 5.74) is 1.82. The molecule has 0 amide bonds. The lowest BCUT2D eigenvalue weighted by atomic mass is 10.2. The van der Waals surface area contributed by atoms with E-state index in [1.807, 2.05) is 0 Å². The number of nitrogens with zero attached hydrogens (tertiary/aromatic N) is 1. The maximum absolute atomic E-state index is 13.6. The normalized spacial score (nSPS) is 11.3. The third-order valence-corrected chi connectivity index (χ3v) is 4.72. The highest BCUT2D eigenvalue weighted by Crippen LogP contribution is 2.32. The minimum absolute atomic E-state index is 0.118. The van der Waals surface area contributed by atoms with Gasteiger partial charge in [-0.3, -0.25) is 0 Å². The standard InChI is InChI=1S/C20H16F4N2OS/c1-13(18-12-28-19(26-18)20(22,23)24)25-10-14-6-8-16(9-7-14)27-11-15-4-2-3-5-17(15)21/h2-9,12,25H,1,10-11H2. The van der Waals surface area contributed by atoms with Crippen LogP contribution in [-0.4, -0.2) is 4.98 Å². The molecule has 0 unspecified atom stereocenters. The summed E-state index contributed by atoms with van der Waals surface area (Å²) in [5, 5.41) is 3.37. The third-order valence-electron chi connectivity index (χ3n) is 3.84. The lowest BCUT2D eigenvalue weighted by Gasteiger charge is -2.10. The quantitative estimate of drug-likeness (QED) is 0.514. The van der Waals surface area contributed by atoms with Crippen molar-refractivity contribution < 1.29 is 22.3 Å². The van der Waals surface area contributed by atoms with E-state index >= 15 is 0 Å². The third kappa shape index (κ3) is 5.10. The predicted molar refractivity (Wildman–Crippen MR) is 100 cm³/mol. The van der Waals surface area contributed by atoms with Gasteiger partial charge in [0.25, 0.3) is 0 Å². The first kappa shape index (κ1) is 19.9. The van der Waals surface area contributed by atoms with E-state index in [2.05, 4.69) is 16.9 Å². The average molecular weight is 408 g/mol. The summed E-state index contributed by atoms with van der Waals surface area (Å²) in [5.74, 6) is 0.262. The van der Waals surface area contributed by atoms with Crippen LogP contribution in [0.15, 0.2) is 60.5 Å². The van der Waals surface area contributed by atoms with E-state index in [0.29, 0.717) is 34.9 Å². The van der Waals surface area contributed by atoms with Gasteiger partial charge in [-0.25, -0.2) is 9.37 Å². The highest BCUT2D eigenvalue weighted by Gasteiger charge is 2.34. The van der Waals surface area contributed by atoms with Crippen LogP contribution in [-0.2, 0) is 19.3 Å². The molecule has 0 spiro atoms. The van der Waals surface area contributed by atoms with E-state index < -0.39 is 11.2 Å². The van der Waals surface area contributed by atoms with E-state index in [4.69, 9.17) is 4.74 Å². The molecule has 0 aliphatic rings. The summed E-state index contributed by atoms with van der Waals surface area (Å²) in [6.45, 7) is 4.21. The summed E-state index contributed by atoms with van der Waals surface area (Å²) in [4.78, 5) is 3.55. The van der Waals surface area contributed by atoms with Gasteiger partial charge in [0.1, 0.15) is 18.2 Å². The summed E-state index contributed by atoms with van der Waals surface area (Å²) in [7, 11) is 0. The lowest BCUT2D eigenvalue weighted by Crippen LogP contribution is -2.12. The van der Waals surface area contributed by atoms with Gasteiger partial charge < -0.3 is 10.1 Å². The van der Waals surface area contributed by atoms with Crippen LogP contribution in [0.2, 0.25) is 0 Å². The van der Waals surface area contributed by atoms with Gasteiger partial charge in [0, 0.05) is 17.5 Å². The molecule has 28 heavy (non-hydrogen) atoms. The molecule has 0 saturated heterocycles. The van der Waals surface area contributed by atoms with Crippen molar-refractivity contribution in [2.45, 2.75) is 19.3 Å².